The fourth-order valence-corrected chi connectivity index (χ4v) is 1.97. The van der Waals surface area contributed by atoms with Gasteiger partial charge in [-0.3, -0.25) is 9.59 Å². The molecule has 0 atom stereocenters. The van der Waals surface area contributed by atoms with Gasteiger partial charge in [-0.2, -0.15) is 0 Å². The largest absolute Gasteiger partial charge is 0.497 e. The van der Waals surface area contributed by atoms with Gasteiger partial charge in [-0.25, -0.2) is 0 Å². The van der Waals surface area contributed by atoms with Crippen LogP contribution in [0.25, 0.3) is 6.08 Å². The number of unbranched alkanes of at least 4 members (excludes halogenated alkanes) is 2. The van der Waals surface area contributed by atoms with Crippen LogP contribution in [0.1, 0.15) is 31.2 Å². The maximum absolute atomic E-state index is 11.6. The normalized spacial score (nSPS) is 10.9. The molecule has 0 saturated heterocycles. The number of methoxy groups -OCH3 is 2. The zero-order valence-electron chi connectivity index (χ0n) is 14.3. The van der Waals surface area contributed by atoms with Crippen LogP contribution in [0.5, 0.6) is 5.75 Å². The van der Waals surface area contributed by atoms with Crippen molar-refractivity contribution in [2.24, 2.45) is 0 Å². The molecule has 24 heavy (non-hydrogen) atoms. The van der Waals surface area contributed by atoms with Gasteiger partial charge < -0.3 is 14.8 Å². The molecule has 0 bridgehead atoms. The van der Waals surface area contributed by atoms with Gasteiger partial charge in [0.15, 0.2) is 0 Å². The summed E-state index contributed by atoms with van der Waals surface area (Å²) in [6, 6.07) is 7.65. The Bertz CT molecular complexity index is 561. The minimum absolute atomic E-state index is 0.123. The van der Waals surface area contributed by atoms with Gasteiger partial charge in [0.25, 0.3) is 0 Å². The number of nitrogens with one attached hydrogen (secondary N) is 1. The lowest BCUT2D eigenvalue weighted by Gasteiger charge is -2.02. The van der Waals surface area contributed by atoms with E-state index in [2.05, 4.69) is 10.1 Å². The zero-order valence-corrected chi connectivity index (χ0v) is 14.3. The van der Waals surface area contributed by atoms with Crippen LogP contribution in [0.3, 0.4) is 0 Å². The Hall–Kier alpha value is -2.56. The topological polar surface area (TPSA) is 64.6 Å². The molecular formula is C19H25NO4. The Morgan fingerprint density at radius 2 is 1.79 bits per heavy atom. The van der Waals surface area contributed by atoms with Gasteiger partial charge in [0.2, 0.25) is 5.91 Å². The Balaban J connectivity index is 2.16. The van der Waals surface area contributed by atoms with Crippen LogP contribution in [0, 0.1) is 0 Å². The van der Waals surface area contributed by atoms with Crippen LogP contribution < -0.4 is 10.1 Å². The Morgan fingerprint density at radius 1 is 1.04 bits per heavy atom. The van der Waals surface area contributed by atoms with Crippen LogP contribution in [0.2, 0.25) is 0 Å². The summed E-state index contributed by atoms with van der Waals surface area (Å²) in [6.45, 7) is 0.604. The molecule has 0 aliphatic heterocycles. The van der Waals surface area contributed by atoms with E-state index >= 15 is 0 Å². The van der Waals surface area contributed by atoms with Crippen molar-refractivity contribution >= 4 is 18.0 Å². The minimum Gasteiger partial charge on any atom is -0.497 e. The number of carbonyl (C=O) groups excluding carboxylic acids is 2. The second-order valence-corrected chi connectivity index (χ2v) is 5.17. The van der Waals surface area contributed by atoms with Gasteiger partial charge in [0, 0.05) is 19.0 Å². The zero-order chi connectivity index (χ0) is 17.6. The first kappa shape index (κ1) is 19.5. The molecule has 1 rings (SSSR count). The highest BCUT2D eigenvalue weighted by atomic mass is 16.5. The van der Waals surface area contributed by atoms with E-state index in [1.165, 1.54) is 13.2 Å². The third-order valence-corrected chi connectivity index (χ3v) is 3.35. The number of allylic oxidation sites excluding steroid dienone is 2. The monoisotopic (exact) mass is 331 g/mol. The summed E-state index contributed by atoms with van der Waals surface area (Å²) in [5.74, 6) is 0.502. The van der Waals surface area contributed by atoms with Crippen molar-refractivity contribution in [3.05, 3.63) is 48.1 Å². The summed E-state index contributed by atoms with van der Waals surface area (Å²) in [6.07, 6.45) is 9.87. The van der Waals surface area contributed by atoms with Crippen molar-refractivity contribution in [2.75, 3.05) is 20.8 Å². The average molecular weight is 331 g/mol. The Kier molecular flexibility index (Phi) is 9.69. The van der Waals surface area contributed by atoms with E-state index in [0.29, 0.717) is 13.0 Å². The highest BCUT2D eigenvalue weighted by Gasteiger charge is 1.99. The molecule has 0 aliphatic rings. The molecule has 1 aromatic rings. The van der Waals surface area contributed by atoms with Crippen molar-refractivity contribution in [1.29, 1.82) is 0 Å². The number of amides is 1. The number of hydrogen-bond acceptors (Lipinski definition) is 4. The molecule has 0 aliphatic carbocycles. The van der Waals surface area contributed by atoms with Crippen LogP contribution in [0.15, 0.2) is 42.5 Å². The molecule has 0 fully saturated rings. The van der Waals surface area contributed by atoms with Gasteiger partial charge >= 0.3 is 5.97 Å². The number of rotatable bonds is 10. The predicted molar refractivity (Wildman–Crippen MR) is 94.7 cm³/mol. The summed E-state index contributed by atoms with van der Waals surface area (Å²) >= 11 is 0. The van der Waals surface area contributed by atoms with Gasteiger partial charge in [-0.05, 0) is 30.5 Å². The average Bonchev–Trinajstić information content (AvgIpc) is 2.61. The van der Waals surface area contributed by atoms with Crippen LogP contribution in [-0.4, -0.2) is 32.6 Å². The molecule has 0 heterocycles. The second kappa shape index (κ2) is 11.9. The van der Waals surface area contributed by atoms with E-state index in [0.717, 1.165) is 30.6 Å². The van der Waals surface area contributed by atoms with Gasteiger partial charge in [0.05, 0.1) is 14.2 Å². The van der Waals surface area contributed by atoms with E-state index in [1.54, 1.807) is 13.2 Å². The first-order valence-corrected chi connectivity index (χ1v) is 7.99. The van der Waals surface area contributed by atoms with E-state index in [1.807, 2.05) is 36.4 Å². The molecule has 0 spiro atoms. The predicted octanol–water partition coefficient (Wildman–Crippen LogP) is 3.11. The maximum Gasteiger partial charge on any atom is 0.305 e. The summed E-state index contributed by atoms with van der Waals surface area (Å²) in [5.41, 5.74) is 1.03. The molecule has 5 heteroatoms. The summed E-state index contributed by atoms with van der Waals surface area (Å²) in [7, 11) is 3.02. The maximum atomic E-state index is 11.6. The third-order valence-electron chi connectivity index (χ3n) is 3.35. The molecule has 0 unspecified atom stereocenters. The van der Waals surface area contributed by atoms with E-state index in [4.69, 9.17) is 4.74 Å². The highest BCUT2D eigenvalue weighted by molar-refractivity contribution is 5.87. The lowest BCUT2D eigenvalue weighted by atomic mass is 10.2. The fourth-order valence-electron chi connectivity index (χ4n) is 1.97. The van der Waals surface area contributed by atoms with Gasteiger partial charge in [-0.15, -0.1) is 0 Å². The quantitative estimate of drug-likeness (QED) is 0.310. The fraction of sp³-hybridized carbons (Fsp3) is 0.368. The molecule has 1 aromatic carbocycles. The van der Waals surface area contributed by atoms with Crippen molar-refractivity contribution in [2.45, 2.75) is 25.7 Å². The first-order valence-electron chi connectivity index (χ1n) is 7.99. The number of hydrogen-bond donors (Lipinski definition) is 1. The number of esters is 1. The SMILES string of the molecule is COC(=O)CCCCCNC(=O)C=CC=Cc1ccc(OC)cc1. The molecule has 1 N–H and O–H groups in total. The van der Waals surface area contributed by atoms with E-state index in [-0.39, 0.29) is 11.9 Å². The van der Waals surface area contributed by atoms with Crippen LogP contribution in [-0.2, 0) is 14.3 Å². The van der Waals surface area contributed by atoms with Crippen molar-refractivity contribution in [3.63, 3.8) is 0 Å². The molecular weight excluding hydrogens is 306 g/mol. The summed E-state index contributed by atoms with van der Waals surface area (Å²) in [4.78, 5) is 22.5. The molecule has 5 nitrogen and oxygen atoms in total. The van der Waals surface area contributed by atoms with E-state index in [9.17, 15) is 9.59 Å². The molecule has 1 amide bonds. The Labute approximate surface area is 143 Å². The second-order valence-electron chi connectivity index (χ2n) is 5.17. The molecule has 0 aromatic heterocycles. The van der Waals surface area contributed by atoms with Crippen molar-refractivity contribution in [1.82, 2.24) is 5.32 Å². The van der Waals surface area contributed by atoms with Crippen molar-refractivity contribution < 1.29 is 19.1 Å². The molecule has 0 saturated carbocycles. The lowest BCUT2D eigenvalue weighted by Crippen LogP contribution is -2.22. The smallest absolute Gasteiger partial charge is 0.305 e. The van der Waals surface area contributed by atoms with Crippen LogP contribution in [0.4, 0.5) is 0 Å². The van der Waals surface area contributed by atoms with Crippen molar-refractivity contribution in [3.8, 4) is 5.75 Å². The number of benzene rings is 1. The first-order chi connectivity index (χ1) is 11.7. The lowest BCUT2D eigenvalue weighted by molar-refractivity contribution is -0.140. The summed E-state index contributed by atoms with van der Waals surface area (Å²) in [5, 5.41) is 2.81. The molecule has 0 radical (unpaired) electrons. The van der Waals surface area contributed by atoms with Gasteiger partial charge in [-0.1, -0.05) is 36.8 Å². The third kappa shape index (κ3) is 8.78. The standard InChI is InChI=1S/C19H25NO4/c1-23-17-13-11-16(12-14-17)8-5-6-9-18(21)20-15-7-3-4-10-19(22)24-2/h5-6,8-9,11-14H,3-4,7,10,15H2,1-2H3,(H,20,21). The van der Waals surface area contributed by atoms with Gasteiger partial charge in [0.1, 0.15) is 5.75 Å². The van der Waals surface area contributed by atoms with Crippen LogP contribution >= 0.6 is 0 Å². The number of ether oxygens (including phenoxy) is 2. The molecule has 130 valence electrons. The minimum atomic E-state index is -0.189. The summed E-state index contributed by atoms with van der Waals surface area (Å²) < 4.78 is 9.65. The highest BCUT2D eigenvalue weighted by Crippen LogP contribution is 2.12. The van der Waals surface area contributed by atoms with E-state index < -0.39 is 0 Å². The number of carbonyl (C=O) groups is 2. The Morgan fingerprint density at radius 3 is 2.46 bits per heavy atom.